The molecule has 1 unspecified atom stereocenters. The summed E-state index contributed by atoms with van der Waals surface area (Å²) in [5.74, 6) is 0.0458. The summed E-state index contributed by atoms with van der Waals surface area (Å²) in [5, 5.41) is 3.09. The van der Waals surface area contributed by atoms with Crippen molar-refractivity contribution < 1.29 is 9.59 Å². The average molecular weight is 312 g/mol. The van der Waals surface area contributed by atoms with Crippen molar-refractivity contribution in [3.05, 3.63) is 58.4 Å². The van der Waals surface area contributed by atoms with Crippen molar-refractivity contribution in [2.24, 2.45) is 5.92 Å². The Morgan fingerprint density at radius 3 is 2.17 bits per heavy atom. The highest BCUT2D eigenvalue weighted by Gasteiger charge is 2.23. The van der Waals surface area contributed by atoms with Gasteiger partial charge in [0.1, 0.15) is 5.69 Å². The third-order valence-corrected chi connectivity index (χ3v) is 4.13. The summed E-state index contributed by atoms with van der Waals surface area (Å²) in [6, 6.07) is 9.84. The molecule has 0 saturated heterocycles. The molecular formula is C19H24N2O2. The van der Waals surface area contributed by atoms with Gasteiger partial charge in [0, 0.05) is 11.3 Å². The van der Waals surface area contributed by atoms with Crippen LogP contribution in [0.5, 0.6) is 0 Å². The van der Waals surface area contributed by atoms with Crippen molar-refractivity contribution in [3.8, 4) is 0 Å². The highest BCUT2D eigenvalue weighted by atomic mass is 16.2. The zero-order valence-electron chi connectivity index (χ0n) is 14.4. The number of hydrogen-bond donors (Lipinski definition) is 2. The quantitative estimate of drug-likeness (QED) is 0.821. The minimum absolute atomic E-state index is 0.0289. The number of nitrogens with one attached hydrogen (secondary N) is 2. The van der Waals surface area contributed by atoms with Crippen LogP contribution < -0.4 is 5.32 Å². The molecule has 0 spiro atoms. The lowest BCUT2D eigenvalue weighted by atomic mass is 9.95. The topological polar surface area (TPSA) is 62.0 Å². The molecule has 1 amide bonds. The van der Waals surface area contributed by atoms with E-state index >= 15 is 0 Å². The summed E-state index contributed by atoms with van der Waals surface area (Å²) in [5.41, 5.74) is 3.60. The Morgan fingerprint density at radius 2 is 1.70 bits per heavy atom. The number of amides is 1. The van der Waals surface area contributed by atoms with E-state index in [9.17, 15) is 9.59 Å². The largest absolute Gasteiger partial charge is 0.354 e. The molecular weight excluding hydrogens is 288 g/mol. The second-order valence-electron chi connectivity index (χ2n) is 6.29. The first-order valence-corrected chi connectivity index (χ1v) is 7.88. The Labute approximate surface area is 137 Å². The first kappa shape index (κ1) is 17.0. The molecule has 1 aromatic carbocycles. The summed E-state index contributed by atoms with van der Waals surface area (Å²) >= 11 is 0. The Kier molecular flexibility index (Phi) is 5.04. The number of carbonyl (C=O) groups is 2. The van der Waals surface area contributed by atoms with Gasteiger partial charge >= 0.3 is 0 Å². The third-order valence-electron chi connectivity index (χ3n) is 4.13. The molecule has 0 fully saturated rings. The minimum atomic E-state index is -0.180. The molecule has 2 N–H and O–H groups in total. The van der Waals surface area contributed by atoms with Crippen molar-refractivity contribution in [1.29, 1.82) is 0 Å². The zero-order valence-corrected chi connectivity index (χ0v) is 14.4. The summed E-state index contributed by atoms with van der Waals surface area (Å²) in [6.45, 7) is 9.29. The van der Waals surface area contributed by atoms with E-state index in [1.54, 1.807) is 0 Å². The van der Waals surface area contributed by atoms with Crippen LogP contribution in [0, 0.1) is 19.8 Å². The van der Waals surface area contributed by atoms with Crippen molar-refractivity contribution >= 4 is 11.7 Å². The van der Waals surface area contributed by atoms with Crippen molar-refractivity contribution in [1.82, 2.24) is 10.3 Å². The fraction of sp³-hybridized carbons (Fsp3) is 0.368. The molecule has 4 heteroatoms. The molecule has 0 aliphatic heterocycles. The molecule has 2 aromatic rings. The molecule has 1 atom stereocenters. The van der Waals surface area contributed by atoms with Crippen LogP contribution in [-0.4, -0.2) is 16.7 Å². The van der Waals surface area contributed by atoms with Crippen LogP contribution in [0.3, 0.4) is 0 Å². The maximum absolute atomic E-state index is 12.7. The highest BCUT2D eigenvalue weighted by Crippen LogP contribution is 2.23. The molecule has 0 saturated carbocycles. The number of benzene rings is 1. The predicted molar refractivity (Wildman–Crippen MR) is 91.8 cm³/mol. The van der Waals surface area contributed by atoms with E-state index in [4.69, 9.17) is 0 Å². The second kappa shape index (κ2) is 6.82. The van der Waals surface area contributed by atoms with E-state index < -0.39 is 0 Å². The molecule has 0 aliphatic rings. The lowest BCUT2D eigenvalue weighted by molar-refractivity contribution is 0.0920. The van der Waals surface area contributed by atoms with E-state index in [1.807, 2.05) is 44.2 Å². The molecule has 1 heterocycles. The summed E-state index contributed by atoms with van der Waals surface area (Å²) in [4.78, 5) is 27.5. The number of carbonyl (C=O) groups excluding carboxylic acids is 2. The second-order valence-corrected chi connectivity index (χ2v) is 6.29. The predicted octanol–water partition coefficient (Wildman–Crippen LogP) is 3.96. The number of hydrogen-bond acceptors (Lipinski definition) is 2. The number of ketones is 1. The van der Waals surface area contributed by atoms with Gasteiger partial charge in [0.15, 0.2) is 5.78 Å². The van der Waals surface area contributed by atoms with Gasteiger partial charge in [-0.1, -0.05) is 44.2 Å². The van der Waals surface area contributed by atoms with Gasteiger partial charge in [-0.05, 0) is 37.8 Å². The van der Waals surface area contributed by atoms with Gasteiger partial charge in [-0.2, -0.15) is 0 Å². The Bertz CT molecular complexity index is 714. The van der Waals surface area contributed by atoms with Crippen LogP contribution >= 0.6 is 0 Å². The van der Waals surface area contributed by atoms with Crippen LogP contribution in [0.25, 0.3) is 0 Å². The summed E-state index contributed by atoms with van der Waals surface area (Å²) in [7, 11) is 0. The molecule has 4 nitrogen and oxygen atoms in total. The Hall–Kier alpha value is -2.36. The van der Waals surface area contributed by atoms with Gasteiger partial charge < -0.3 is 10.3 Å². The van der Waals surface area contributed by atoms with Gasteiger partial charge in [0.05, 0.1) is 6.04 Å². The lowest BCUT2D eigenvalue weighted by Gasteiger charge is -2.23. The number of aromatic amines is 1. The monoisotopic (exact) mass is 312 g/mol. The smallest absolute Gasteiger partial charge is 0.268 e. The lowest BCUT2D eigenvalue weighted by Crippen LogP contribution is -2.32. The first-order chi connectivity index (χ1) is 10.8. The number of H-pyrrole nitrogens is 1. The van der Waals surface area contributed by atoms with E-state index in [0.717, 1.165) is 11.3 Å². The van der Waals surface area contributed by atoms with Crippen LogP contribution in [-0.2, 0) is 0 Å². The molecule has 23 heavy (non-hydrogen) atoms. The average Bonchev–Trinajstić information content (AvgIpc) is 2.80. The fourth-order valence-electron chi connectivity index (χ4n) is 3.01. The zero-order chi connectivity index (χ0) is 17.1. The fourth-order valence-corrected chi connectivity index (χ4v) is 3.01. The molecule has 0 radical (unpaired) electrons. The van der Waals surface area contributed by atoms with Crippen molar-refractivity contribution in [3.63, 3.8) is 0 Å². The number of aromatic nitrogens is 1. The van der Waals surface area contributed by atoms with Gasteiger partial charge in [-0.25, -0.2) is 0 Å². The summed E-state index contributed by atoms with van der Waals surface area (Å²) < 4.78 is 0. The molecule has 122 valence electrons. The maximum Gasteiger partial charge on any atom is 0.268 e. The molecule has 2 rings (SSSR count). The van der Waals surface area contributed by atoms with Crippen molar-refractivity contribution in [2.75, 3.05) is 0 Å². The van der Waals surface area contributed by atoms with Crippen LogP contribution in [0.1, 0.15) is 64.5 Å². The van der Waals surface area contributed by atoms with E-state index in [2.05, 4.69) is 24.1 Å². The molecule has 0 bridgehead atoms. The van der Waals surface area contributed by atoms with Gasteiger partial charge in [0.25, 0.3) is 5.91 Å². The SMILES string of the molecule is CC(=O)c1c(C)[nH]c(C(=O)NC(c2ccccc2)C(C)C)c1C. The molecule has 1 aromatic heterocycles. The van der Waals surface area contributed by atoms with Crippen LogP contribution in [0.15, 0.2) is 30.3 Å². The van der Waals surface area contributed by atoms with E-state index in [0.29, 0.717) is 16.8 Å². The Morgan fingerprint density at radius 1 is 1.09 bits per heavy atom. The Balaban J connectivity index is 2.30. The number of rotatable bonds is 5. The third kappa shape index (κ3) is 3.52. The normalized spacial score (nSPS) is 12.3. The van der Waals surface area contributed by atoms with Crippen LogP contribution in [0.2, 0.25) is 0 Å². The minimum Gasteiger partial charge on any atom is -0.354 e. The number of aryl methyl sites for hydroxylation is 1. The standard InChI is InChI=1S/C19H24N2O2/c1-11(2)17(15-9-7-6-8-10-15)21-19(23)18-12(3)16(14(5)22)13(4)20-18/h6-11,17,20H,1-5H3,(H,21,23). The van der Waals surface area contributed by atoms with E-state index in [1.165, 1.54) is 6.92 Å². The van der Waals surface area contributed by atoms with Gasteiger partial charge in [0.2, 0.25) is 0 Å². The van der Waals surface area contributed by atoms with Gasteiger partial charge in [-0.3, -0.25) is 9.59 Å². The first-order valence-electron chi connectivity index (χ1n) is 7.88. The maximum atomic E-state index is 12.7. The van der Waals surface area contributed by atoms with Gasteiger partial charge in [-0.15, -0.1) is 0 Å². The van der Waals surface area contributed by atoms with Crippen LogP contribution in [0.4, 0.5) is 0 Å². The highest BCUT2D eigenvalue weighted by molar-refractivity contribution is 6.02. The molecule has 0 aliphatic carbocycles. The summed E-state index contributed by atoms with van der Waals surface area (Å²) in [6.07, 6.45) is 0. The van der Waals surface area contributed by atoms with E-state index in [-0.39, 0.29) is 23.7 Å². The van der Waals surface area contributed by atoms with Crippen molar-refractivity contribution in [2.45, 2.75) is 40.7 Å². The number of Topliss-reactive ketones (excluding diaryl/α,β-unsaturated/α-hetero) is 1.